The molecule has 1 aliphatic carbocycles. The predicted octanol–water partition coefficient (Wildman–Crippen LogP) is 4.93. The Balaban J connectivity index is 1.17. The van der Waals surface area contributed by atoms with Crippen LogP contribution in [0.15, 0.2) is 66.7 Å². The van der Waals surface area contributed by atoms with E-state index in [0.717, 1.165) is 66.5 Å². The minimum atomic E-state index is 0.0976. The average Bonchev–Trinajstić information content (AvgIpc) is 3.39. The summed E-state index contributed by atoms with van der Waals surface area (Å²) < 4.78 is 0. The van der Waals surface area contributed by atoms with E-state index in [1.807, 2.05) is 53.4 Å². The number of amides is 2. The number of piperazine rings is 1. The zero-order valence-electron chi connectivity index (χ0n) is 18.3. The van der Waals surface area contributed by atoms with Gasteiger partial charge in [-0.25, -0.2) is 0 Å². The van der Waals surface area contributed by atoms with Crippen LogP contribution in [-0.2, 0) is 4.79 Å². The molecule has 5 nitrogen and oxygen atoms in total. The van der Waals surface area contributed by atoms with Crippen molar-refractivity contribution in [1.82, 2.24) is 4.90 Å². The van der Waals surface area contributed by atoms with Crippen LogP contribution in [0.5, 0.6) is 0 Å². The topological polar surface area (TPSA) is 52.7 Å². The van der Waals surface area contributed by atoms with Crippen LogP contribution in [0, 0.1) is 5.92 Å². The summed E-state index contributed by atoms with van der Waals surface area (Å²) in [5.41, 5.74) is 2.73. The molecular weight excluding hydrogens is 398 g/mol. The van der Waals surface area contributed by atoms with Crippen molar-refractivity contribution in [3.8, 4) is 0 Å². The van der Waals surface area contributed by atoms with E-state index in [9.17, 15) is 9.59 Å². The third-order valence-electron chi connectivity index (χ3n) is 6.79. The van der Waals surface area contributed by atoms with E-state index in [1.54, 1.807) is 0 Å². The van der Waals surface area contributed by atoms with Crippen LogP contribution in [0.4, 0.5) is 11.4 Å². The van der Waals surface area contributed by atoms with Crippen LogP contribution in [0.1, 0.15) is 36.0 Å². The maximum absolute atomic E-state index is 13.0. The molecule has 0 spiro atoms. The minimum Gasteiger partial charge on any atom is -0.368 e. The summed E-state index contributed by atoms with van der Waals surface area (Å²) in [4.78, 5) is 29.6. The van der Waals surface area contributed by atoms with Crippen LogP contribution in [0.3, 0.4) is 0 Å². The molecule has 1 N–H and O–H groups in total. The Hall–Kier alpha value is -3.34. The second kappa shape index (κ2) is 9.03. The van der Waals surface area contributed by atoms with Crippen LogP contribution in [0.2, 0.25) is 0 Å². The van der Waals surface area contributed by atoms with Crippen molar-refractivity contribution in [2.24, 2.45) is 5.92 Å². The normalized spacial score (nSPS) is 17.0. The number of hydrogen-bond acceptors (Lipinski definition) is 3. The standard InChI is InChI=1S/C27H29N3O2/c31-26(21-6-2-3-7-21)28-24-11-13-25(14-12-24)29-15-17-30(18-16-29)27(32)23-10-9-20-5-1-4-8-22(20)19-23/h1,4-5,8-14,19,21H,2-3,6-7,15-18H2,(H,28,31). The zero-order valence-corrected chi connectivity index (χ0v) is 18.3. The first-order valence-corrected chi connectivity index (χ1v) is 11.6. The third kappa shape index (κ3) is 4.33. The predicted molar refractivity (Wildman–Crippen MR) is 129 cm³/mol. The molecule has 0 radical (unpaired) electrons. The number of carbonyl (C=O) groups excluding carboxylic acids is 2. The fourth-order valence-electron chi connectivity index (χ4n) is 4.86. The molecule has 3 aromatic carbocycles. The third-order valence-corrected chi connectivity index (χ3v) is 6.79. The van der Waals surface area contributed by atoms with Gasteiger partial charge in [-0.15, -0.1) is 0 Å². The lowest BCUT2D eigenvalue weighted by atomic mass is 10.1. The van der Waals surface area contributed by atoms with Gasteiger partial charge in [0, 0.05) is 49.0 Å². The first-order valence-electron chi connectivity index (χ1n) is 11.6. The van der Waals surface area contributed by atoms with Gasteiger partial charge >= 0.3 is 0 Å². The second-order valence-electron chi connectivity index (χ2n) is 8.86. The van der Waals surface area contributed by atoms with Gasteiger partial charge in [0.25, 0.3) is 5.91 Å². The lowest BCUT2D eigenvalue weighted by Crippen LogP contribution is -2.48. The van der Waals surface area contributed by atoms with Crippen molar-refractivity contribution >= 4 is 34.0 Å². The number of fused-ring (bicyclic) bond motifs is 1. The Morgan fingerprint density at radius 3 is 2.19 bits per heavy atom. The van der Waals surface area contributed by atoms with Crippen molar-refractivity contribution in [3.05, 3.63) is 72.3 Å². The second-order valence-corrected chi connectivity index (χ2v) is 8.86. The molecule has 3 aromatic rings. The molecule has 1 heterocycles. The average molecular weight is 428 g/mol. The van der Waals surface area contributed by atoms with Crippen molar-refractivity contribution in [3.63, 3.8) is 0 Å². The van der Waals surface area contributed by atoms with E-state index < -0.39 is 0 Å². The summed E-state index contributed by atoms with van der Waals surface area (Å²) in [6.07, 6.45) is 4.33. The monoisotopic (exact) mass is 427 g/mol. The van der Waals surface area contributed by atoms with Gasteiger partial charge in [0.15, 0.2) is 0 Å². The van der Waals surface area contributed by atoms with E-state index in [4.69, 9.17) is 0 Å². The van der Waals surface area contributed by atoms with E-state index in [1.165, 1.54) is 0 Å². The van der Waals surface area contributed by atoms with Gasteiger partial charge in [0.2, 0.25) is 5.91 Å². The van der Waals surface area contributed by atoms with Crippen LogP contribution in [-0.4, -0.2) is 42.9 Å². The molecule has 0 bridgehead atoms. The Morgan fingerprint density at radius 2 is 1.47 bits per heavy atom. The molecule has 1 saturated carbocycles. The van der Waals surface area contributed by atoms with Gasteiger partial charge in [-0.3, -0.25) is 9.59 Å². The van der Waals surface area contributed by atoms with E-state index in [-0.39, 0.29) is 17.7 Å². The maximum Gasteiger partial charge on any atom is 0.253 e. The summed E-state index contributed by atoms with van der Waals surface area (Å²) in [6.45, 7) is 3.00. The number of nitrogens with zero attached hydrogens (tertiary/aromatic N) is 2. The molecular formula is C27H29N3O2. The van der Waals surface area contributed by atoms with Gasteiger partial charge < -0.3 is 15.1 Å². The van der Waals surface area contributed by atoms with Crippen molar-refractivity contribution < 1.29 is 9.59 Å². The molecule has 0 unspecified atom stereocenters. The quantitative estimate of drug-likeness (QED) is 0.642. The number of nitrogens with one attached hydrogen (secondary N) is 1. The number of rotatable bonds is 4. The van der Waals surface area contributed by atoms with Crippen LogP contribution >= 0.6 is 0 Å². The first kappa shape index (κ1) is 20.6. The molecule has 5 rings (SSSR count). The molecule has 5 heteroatoms. The highest BCUT2D eigenvalue weighted by molar-refractivity contribution is 5.98. The molecule has 2 fully saturated rings. The molecule has 164 valence electrons. The van der Waals surface area contributed by atoms with Crippen LogP contribution in [0.25, 0.3) is 10.8 Å². The molecule has 32 heavy (non-hydrogen) atoms. The van der Waals surface area contributed by atoms with Gasteiger partial charge in [0.05, 0.1) is 0 Å². The Labute approximate surface area is 189 Å². The Kier molecular flexibility index (Phi) is 5.80. The number of benzene rings is 3. The van der Waals surface area contributed by atoms with Gasteiger partial charge in [-0.2, -0.15) is 0 Å². The van der Waals surface area contributed by atoms with Crippen LogP contribution < -0.4 is 10.2 Å². The van der Waals surface area contributed by atoms with E-state index >= 15 is 0 Å². The van der Waals surface area contributed by atoms with Crippen molar-refractivity contribution in [2.45, 2.75) is 25.7 Å². The van der Waals surface area contributed by atoms with E-state index in [2.05, 4.69) is 28.4 Å². The van der Waals surface area contributed by atoms with Crippen molar-refractivity contribution in [2.75, 3.05) is 36.4 Å². The molecule has 1 aliphatic heterocycles. The van der Waals surface area contributed by atoms with E-state index in [0.29, 0.717) is 13.1 Å². The number of anilines is 2. The summed E-state index contributed by atoms with van der Waals surface area (Å²) in [5, 5.41) is 5.30. The lowest BCUT2D eigenvalue weighted by Gasteiger charge is -2.36. The molecule has 1 saturated heterocycles. The van der Waals surface area contributed by atoms with Gasteiger partial charge in [-0.1, -0.05) is 43.2 Å². The molecule has 0 atom stereocenters. The fraction of sp³-hybridized carbons (Fsp3) is 0.333. The van der Waals surface area contributed by atoms with Gasteiger partial charge in [0.1, 0.15) is 0 Å². The summed E-state index contributed by atoms with van der Waals surface area (Å²) in [6, 6.07) is 22.1. The summed E-state index contributed by atoms with van der Waals surface area (Å²) in [7, 11) is 0. The molecule has 2 amide bonds. The Morgan fingerprint density at radius 1 is 0.781 bits per heavy atom. The zero-order chi connectivity index (χ0) is 21.9. The highest BCUT2D eigenvalue weighted by atomic mass is 16.2. The molecule has 0 aromatic heterocycles. The molecule has 2 aliphatic rings. The highest BCUT2D eigenvalue weighted by Gasteiger charge is 2.24. The number of hydrogen-bond donors (Lipinski definition) is 1. The summed E-state index contributed by atoms with van der Waals surface area (Å²) >= 11 is 0. The Bertz CT molecular complexity index is 1110. The first-order chi connectivity index (χ1) is 15.7. The maximum atomic E-state index is 13.0. The SMILES string of the molecule is O=C(Nc1ccc(N2CCN(C(=O)c3ccc4ccccc4c3)CC2)cc1)C1CCCC1. The van der Waals surface area contributed by atoms with Crippen molar-refractivity contribution in [1.29, 1.82) is 0 Å². The summed E-state index contributed by atoms with van der Waals surface area (Å²) in [5.74, 6) is 0.416. The highest BCUT2D eigenvalue weighted by Crippen LogP contribution is 2.27. The minimum absolute atomic E-state index is 0.0976. The lowest BCUT2D eigenvalue weighted by molar-refractivity contribution is -0.119. The smallest absolute Gasteiger partial charge is 0.253 e. The van der Waals surface area contributed by atoms with Gasteiger partial charge in [-0.05, 0) is 60.0 Å². The fourth-order valence-corrected chi connectivity index (χ4v) is 4.86. The number of carbonyl (C=O) groups is 2. The largest absolute Gasteiger partial charge is 0.368 e.